The van der Waals surface area contributed by atoms with Gasteiger partial charge in [-0.15, -0.1) is 0 Å². The molecule has 2 fully saturated rings. The molecule has 0 unspecified atom stereocenters. The average molecular weight is 330 g/mol. The molecule has 0 radical (unpaired) electrons. The monoisotopic (exact) mass is 330 g/mol. The highest BCUT2D eigenvalue weighted by Gasteiger charge is 2.39. The smallest absolute Gasteiger partial charge is 0.269 e. The summed E-state index contributed by atoms with van der Waals surface area (Å²) in [5.41, 5.74) is 1.52. The van der Waals surface area contributed by atoms with E-state index in [1.165, 1.54) is 44.6 Å². The quantitative estimate of drug-likeness (QED) is 0.399. The summed E-state index contributed by atoms with van der Waals surface area (Å²) in [5, 5.41) is 14.3. The van der Waals surface area contributed by atoms with Crippen LogP contribution in [0.2, 0.25) is 0 Å². The van der Waals surface area contributed by atoms with Gasteiger partial charge in [-0.25, -0.2) is 0 Å². The SMILES string of the molecule is CN=C(NCc1cccc([N+](=O)[O-])c1)N1CCC2(CCCCC2)C1. The number of nitrogens with zero attached hydrogens (tertiary/aromatic N) is 3. The molecule has 1 heterocycles. The van der Waals surface area contributed by atoms with Crippen LogP contribution in [-0.4, -0.2) is 35.9 Å². The third-order valence-corrected chi connectivity index (χ3v) is 5.44. The second kappa shape index (κ2) is 7.20. The van der Waals surface area contributed by atoms with E-state index in [2.05, 4.69) is 15.2 Å². The molecule has 1 aliphatic carbocycles. The first-order valence-corrected chi connectivity index (χ1v) is 8.81. The zero-order valence-electron chi connectivity index (χ0n) is 14.3. The standard InChI is InChI=1S/C18H26N4O2/c1-19-17(20-13-15-6-5-7-16(12-15)22(23)24)21-11-10-18(14-21)8-3-2-4-9-18/h5-7,12H,2-4,8-11,13-14H2,1H3,(H,19,20). The number of non-ortho nitro benzene ring substituents is 1. The molecule has 24 heavy (non-hydrogen) atoms. The Kier molecular flexibility index (Phi) is 5.02. The van der Waals surface area contributed by atoms with E-state index in [1.54, 1.807) is 12.1 Å². The van der Waals surface area contributed by atoms with Crippen molar-refractivity contribution < 1.29 is 4.92 Å². The molecule has 6 nitrogen and oxygen atoms in total. The van der Waals surface area contributed by atoms with E-state index < -0.39 is 0 Å². The highest BCUT2D eigenvalue weighted by Crippen LogP contribution is 2.43. The average Bonchev–Trinajstić information content (AvgIpc) is 2.99. The van der Waals surface area contributed by atoms with Gasteiger partial charge < -0.3 is 10.2 Å². The Morgan fingerprint density at radius 1 is 1.33 bits per heavy atom. The number of aliphatic imine (C=N–C) groups is 1. The fourth-order valence-corrected chi connectivity index (χ4v) is 4.12. The van der Waals surface area contributed by atoms with Gasteiger partial charge in [-0.05, 0) is 30.2 Å². The molecule has 0 bridgehead atoms. The maximum Gasteiger partial charge on any atom is 0.269 e. The molecule has 130 valence electrons. The Morgan fingerprint density at radius 3 is 2.83 bits per heavy atom. The van der Waals surface area contributed by atoms with Crippen LogP contribution in [0.15, 0.2) is 29.3 Å². The number of nitro benzene ring substituents is 1. The summed E-state index contributed by atoms with van der Waals surface area (Å²) in [7, 11) is 1.81. The number of nitro groups is 1. The van der Waals surface area contributed by atoms with Crippen LogP contribution in [0.4, 0.5) is 5.69 Å². The molecule has 1 saturated heterocycles. The summed E-state index contributed by atoms with van der Waals surface area (Å²) in [5.74, 6) is 0.906. The number of benzene rings is 1. The van der Waals surface area contributed by atoms with Gasteiger partial charge in [0.1, 0.15) is 0 Å². The van der Waals surface area contributed by atoms with Gasteiger partial charge >= 0.3 is 0 Å². The predicted molar refractivity (Wildman–Crippen MR) is 95.0 cm³/mol. The second-order valence-corrected chi connectivity index (χ2v) is 7.06. The van der Waals surface area contributed by atoms with Gasteiger partial charge in [0.25, 0.3) is 5.69 Å². The number of hydrogen-bond acceptors (Lipinski definition) is 3. The molecule has 1 aromatic carbocycles. The van der Waals surface area contributed by atoms with Crippen LogP contribution in [0.25, 0.3) is 0 Å². The van der Waals surface area contributed by atoms with Crippen LogP contribution >= 0.6 is 0 Å². The molecule has 0 atom stereocenters. The van der Waals surface area contributed by atoms with Crippen LogP contribution in [0.3, 0.4) is 0 Å². The third-order valence-electron chi connectivity index (χ3n) is 5.44. The van der Waals surface area contributed by atoms with Gasteiger partial charge in [-0.1, -0.05) is 31.4 Å². The van der Waals surface area contributed by atoms with Crippen molar-refractivity contribution in [1.29, 1.82) is 0 Å². The number of guanidine groups is 1. The minimum Gasteiger partial charge on any atom is -0.352 e. The van der Waals surface area contributed by atoms with Gasteiger partial charge in [0.15, 0.2) is 5.96 Å². The summed E-state index contributed by atoms with van der Waals surface area (Å²) >= 11 is 0. The van der Waals surface area contributed by atoms with Gasteiger partial charge in [-0.2, -0.15) is 0 Å². The summed E-state index contributed by atoms with van der Waals surface area (Å²) in [6, 6.07) is 6.77. The molecular weight excluding hydrogens is 304 g/mol. The van der Waals surface area contributed by atoms with Crippen molar-refractivity contribution in [3.63, 3.8) is 0 Å². The van der Waals surface area contributed by atoms with Crippen molar-refractivity contribution in [2.24, 2.45) is 10.4 Å². The van der Waals surface area contributed by atoms with Gasteiger partial charge in [0, 0.05) is 38.8 Å². The molecule has 0 aromatic heterocycles. The van der Waals surface area contributed by atoms with Crippen LogP contribution in [-0.2, 0) is 6.54 Å². The Hall–Kier alpha value is -2.11. The van der Waals surface area contributed by atoms with E-state index >= 15 is 0 Å². The fraction of sp³-hybridized carbons (Fsp3) is 0.611. The third kappa shape index (κ3) is 3.68. The Morgan fingerprint density at radius 2 is 2.12 bits per heavy atom. The highest BCUT2D eigenvalue weighted by atomic mass is 16.6. The number of rotatable bonds is 3. The minimum atomic E-state index is -0.356. The largest absolute Gasteiger partial charge is 0.352 e. The zero-order chi connectivity index (χ0) is 17.0. The van der Waals surface area contributed by atoms with Crippen LogP contribution in [0.1, 0.15) is 44.1 Å². The number of hydrogen-bond donors (Lipinski definition) is 1. The molecule has 2 aliphatic rings. The van der Waals surface area contributed by atoms with Crippen molar-refractivity contribution in [3.8, 4) is 0 Å². The summed E-state index contributed by atoms with van der Waals surface area (Å²) < 4.78 is 0. The lowest BCUT2D eigenvalue weighted by Gasteiger charge is -2.33. The summed E-state index contributed by atoms with van der Waals surface area (Å²) in [6.07, 6.45) is 8.02. The summed E-state index contributed by atoms with van der Waals surface area (Å²) in [6.45, 7) is 2.69. The molecule has 6 heteroatoms. The normalized spacial score (nSPS) is 20.4. The topological polar surface area (TPSA) is 70.8 Å². The van der Waals surface area contributed by atoms with E-state index in [1.807, 2.05) is 13.1 Å². The Bertz CT molecular complexity index is 623. The van der Waals surface area contributed by atoms with E-state index in [9.17, 15) is 10.1 Å². The van der Waals surface area contributed by atoms with Gasteiger partial charge in [0.05, 0.1) is 4.92 Å². The Labute approximate surface area is 143 Å². The maximum absolute atomic E-state index is 10.9. The second-order valence-electron chi connectivity index (χ2n) is 7.06. The molecule has 1 saturated carbocycles. The lowest BCUT2D eigenvalue weighted by atomic mass is 9.73. The van der Waals surface area contributed by atoms with E-state index in [-0.39, 0.29) is 10.6 Å². The maximum atomic E-state index is 10.9. The first-order chi connectivity index (χ1) is 11.6. The van der Waals surface area contributed by atoms with E-state index in [4.69, 9.17) is 0 Å². The van der Waals surface area contributed by atoms with Gasteiger partial charge in [0.2, 0.25) is 0 Å². The van der Waals surface area contributed by atoms with Crippen LogP contribution in [0, 0.1) is 15.5 Å². The molecule has 1 N–H and O–H groups in total. The summed E-state index contributed by atoms with van der Waals surface area (Å²) in [4.78, 5) is 17.3. The molecule has 1 spiro atoms. The first kappa shape index (κ1) is 16.7. The van der Waals surface area contributed by atoms with Crippen molar-refractivity contribution in [2.45, 2.75) is 45.1 Å². The molecule has 1 aliphatic heterocycles. The van der Waals surface area contributed by atoms with E-state index in [0.717, 1.165) is 24.6 Å². The van der Waals surface area contributed by atoms with Crippen molar-refractivity contribution in [1.82, 2.24) is 10.2 Å². The molecular formula is C18H26N4O2. The van der Waals surface area contributed by atoms with E-state index in [0.29, 0.717) is 12.0 Å². The lowest BCUT2D eigenvalue weighted by molar-refractivity contribution is -0.384. The van der Waals surface area contributed by atoms with Gasteiger partial charge in [-0.3, -0.25) is 15.1 Å². The minimum absolute atomic E-state index is 0.131. The number of nitrogens with one attached hydrogen (secondary N) is 1. The predicted octanol–water partition coefficient (Wildman–Crippen LogP) is 3.33. The Balaban J connectivity index is 1.60. The van der Waals surface area contributed by atoms with Crippen LogP contribution < -0.4 is 5.32 Å². The number of likely N-dealkylation sites (tertiary alicyclic amines) is 1. The first-order valence-electron chi connectivity index (χ1n) is 8.81. The van der Waals surface area contributed by atoms with Crippen molar-refractivity contribution >= 4 is 11.6 Å². The van der Waals surface area contributed by atoms with Crippen molar-refractivity contribution in [3.05, 3.63) is 39.9 Å². The fourth-order valence-electron chi connectivity index (χ4n) is 4.12. The molecule has 3 rings (SSSR count). The van der Waals surface area contributed by atoms with Crippen LogP contribution in [0.5, 0.6) is 0 Å². The molecule has 1 aromatic rings. The zero-order valence-corrected chi connectivity index (χ0v) is 14.3. The lowest BCUT2D eigenvalue weighted by Crippen LogP contribution is -2.41. The van der Waals surface area contributed by atoms with Crippen molar-refractivity contribution in [2.75, 3.05) is 20.1 Å². The highest BCUT2D eigenvalue weighted by molar-refractivity contribution is 5.80. The molecule has 0 amide bonds.